The molecule has 1 aliphatic heterocycles. The van der Waals surface area contributed by atoms with Crippen molar-refractivity contribution >= 4 is 23.5 Å². The van der Waals surface area contributed by atoms with Crippen LogP contribution in [-0.4, -0.2) is 38.1 Å². The van der Waals surface area contributed by atoms with Gasteiger partial charge in [-0.3, -0.25) is 0 Å². The normalized spacial score (nSPS) is 13.1. The van der Waals surface area contributed by atoms with Gasteiger partial charge in [0.15, 0.2) is 12.2 Å². The number of benzene rings is 2. The zero-order chi connectivity index (χ0) is 25.8. The number of aromatic nitrogens is 3. The maximum atomic E-state index is 12.8. The Bertz CT molecular complexity index is 1350. The first-order valence-electron chi connectivity index (χ1n) is 12.3. The summed E-state index contributed by atoms with van der Waals surface area (Å²) in [4.78, 5) is 28.0. The summed E-state index contributed by atoms with van der Waals surface area (Å²) in [7, 11) is 0. The highest BCUT2D eigenvalue weighted by molar-refractivity contribution is 5.70. The number of hydrogen-bond acceptors (Lipinski definition) is 8. The molecule has 1 amide bonds. The van der Waals surface area contributed by atoms with Gasteiger partial charge in [0.1, 0.15) is 11.4 Å². The molecule has 2 N–H and O–H groups in total. The second kappa shape index (κ2) is 10.3. The van der Waals surface area contributed by atoms with Crippen LogP contribution in [0.25, 0.3) is 11.3 Å². The molecule has 4 aromatic rings. The van der Waals surface area contributed by atoms with E-state index < -0.39 is 5.60 Å². The Kier molecular flexibility index (Phi) is 6.76. The van der Waals surface area contributed by atoms with Crippen molar-refractivity contribution in [1.82, 2.24) is 19.9 Å². The average Bonchev–Trinajstić information content (AvgIpc) is 3.42. The summed E-state index contributed by atoms with van der Waals surface area (Å²) in [5.41, 5.74) is 4.17. The third-order valence-electron chi connectivity index (χ3n) is 5.87. The van der Waals surface area contributed by atoms with Crippen LogP contribution in [0, 0.1) is 0 Å². The molecule has 2 aromatic heterocycles. The third-order valence-corrected chi connectivity index (χ3v) is 5.87. The largest absolute Gasteiger partial charge is 0.444 e. The summed E-state index contributed by atoms with van der Waals surface area (Å²) < 4.78 is 11.0. The Morgan fingerprint density at radius 3 is 2.57 bits per heavy atom. The van der Waals surface area contributed by atoms with Gasteiger partial charge >= 0.3 is 6.09 Å². The minimum Gasteiger partial charge on any atom is -0.444 e. The molecule has 5 rings (SSSR count). The molecule has 0 bridgehead atoms. The maximum absolute atomic E-state index is 12.8. The highest BCUT2D eigenvalue weighted by Crippen LogP contribution is 2.28. The first-order chi connectivity index (χ1) is 17.8. The lowest BCUT2D eigenvalue weighted by atomic mass is 10.1. The molecule has 9 heteroatoms. The van der Waals surface area contributed by atoms with Gasteiger partial charge in [-0.05, 0) is 50.6 Å². The number of carbonyl (C=O) groups is 1. The van der Waals surface area contributed by atoms with Gasteiger partial charge in [0.05, 0.1) is 18.4 Å². The molecule has 0 unspecified atom stereocenters. The minimum atomic E-state index is -0.557. The lowest BCUT2D eigenvalue weighted by Gasteiger charge is -2.31. The fourth-order valence-corrected chi connectivity index (χ4v) is 4.09. The zero-order valence-corrected chi connectivity index (χ0v) is 21.2. The van der Waals surface area contributed by atoms with Gasteiger partial charge in [-0.1, -0.05) is 30.3 Å². The minimum absolute atomic E-state index is 0.332. The van der Waals surface area contributed by atoms with Crippen LogP contribution in [0.2, 0.25) is 0 Å². The Hall–Kier alpha value is -4.40. The summed E-state index contributed by atoms with van der Waals surface area (Å²) in [5.74, 6) is 1.90. The predicted octanol–water partition coefficient (Wildman–Crippen LogP) is 5.78. The Morgan fingerprint density at radius 2 is 1.86 bits per heavy atom. The van der Waals surface area contributed by atoms with E-state index in [1.165, 1.54) is 6.39 Å². The summed E-state index contributed by atoms with van der Waals surface area (Å²) in [5, 5.41) is 6.78. The average molecular weight is 499 g/mol. The van der Waals surface area contributed by atoms with Crippen molar-refractivity contribution in [2.24, 2.45) is 0 Å². The van der Waals surface area contributed by atoms with Gasteiger partial charge in [0, 0.05) is 36.3 Å². The molecule has 0 radical (unpaired) electrons. The molecule has 37 heavy (non-hydrogen) atoms. The Morgan fingerprint density at radius 1 is 1.08 bits per heavy atom. The molecule has 0 aliphatic carbocycles. The smallest absolute Gasteiger partial charge is 0.410 e. The lowest BCUT2D eigenvalue weighted by molar-refractivity contribution is 0.0223. The summed E-state index contributed by atoms with van der Waals surface area (Å²) >= 11 is 0. The fourth-order valence-electron chi connectivity index (χ4n) is 4.09. The Labute approximate surface area is 215 Å². The van der Waals surface area contributed by atoms with Crippen molar-refractivity contribution in [2.75, 3.05) is 17.2 Å². The number of ether oxygens (including phenoxy) is 1. The van der Waals surface area contributed by atoms with E-state index in [0.717, 1.165) is 28.1 Å². The van der Waals surface area contributed by atoms with Gasteiger partial charge in [0.25, 0.3) is 0 Å². The summed E-state index contributed by atoms with van der Waals surface area (Å²) in [6, 6.07) is 17.9. The molecule has 3 heterocycles. The highest BCUT2D eigenvalue weighted by Gasteiger charge is 2.29. The van der Waals surface area contributed by atoms with E-state index in [2.05, 4.69) is 27.8 Å². The number of fused-ring (bicyclic) bond motifs is 1. The monoisotopic (exact) mass is 498 g/mol. The summed E-state index contributed by atoms with van der Waals surface area (Å²) in [6.45, 7) is 7.12. The van der Waals surface area contributed by atoms with Crippen LogP contribution < -0.4 is 10.6 Å². The van der Waals surface area contributed by atoms with Crippen LogP contribution >= 0.6 is 0 Å². The van der Waals surface area contributed by atoms with Gasteiger partial charge < -0.3 is 24.7 Å². The number of oxazole rings is 1. The molecule has 0 atom stereocenters. The molecule has 2 aromatic carbocycles. The van der Waals surface area contributed by atoms with E-state index in [9.17, 15) is 4.79 Å². The predicted molar refractivity (Wildman–Crippen MR) is 141 cm³/mol. The number of hydrogen-bond donors (Lipinski definition) is 2. The number of nitrogens with zero attached hydrogens (tertiary/aromatic N) is 4. The fraction of sp³-hybridized carbons (Fsp3) is 0.286. The first-order valence-corrected chi connectivity index (χ1v) is 12.3. The van der Waals surface area contributed by atoms with Crippen LogP contribution in [0.1, 0.15) is 37.6 Å². The van der Waals surface area contributed by atoms with E-state index in [0.29, 0.717) is 43.6 Å². The van der Waals surface area contributed by atoms with Crippen molar-refractivity contribution < 1.29 is 13.9 Å². The number of carbonyl (C=O) groups excluding carboxylic acids is 1. The highest BCUT2D eigenvalue weighted by atomic mass is 16.6. The van der Waals surface area contributed by atoms with Gasteiger partial charge in [0.2, 0.25) is 5.95 Å². The SMILES string of the molecule is CC(C)(C)OC(=O)N1CCc2nc(Nc3ccc(-c4cnco4)cc3)nc(NCc3ccccc3)c2C1. The Balaban J connectivity index is 1.39. The molecule has 0 spiro atoms. The molecule has 0 saturated carbocycles. The van der Waals surface area contributed by atoms with Crippen LogP contribution in [0.15, 0.2) is 71.6 Å². The molecular weight excluding hydrogens is 468 g/mol. The number of amides is 1. The van der Waals surface area contributed by atoms with Crippen molar-refractivity contribution in [1.29, 1.82) is 0 Å². The molecule has 0 fully saturated rings. The van der Waals surface area contributed by atoms with Gasteiger partial charge in [-0.25, -0.2) is 14.8 Å². The van der Waals surface area contributed by atoms with E-state index in [4.69, 9.17) is 19.1 Å². The van der Waals surface area contributed by atoms with Crippen molar-refractivity contribution in [3.05, 3.63) is 84.0 Å². The van der Waals surface area contributed by atoms with Gasteiger partial charge in [-0.2, -0.15) is 4.98 Å². The van der Waals surface area contributed by atoms with Crippen LogP contribution in [0.4, 0.5) is 22.2 Å². The van der Waals surface area contributed by atoms with Crippen molar-refractivity contribution in [3.63, 3.8) is 0 Å². The quantitative estimate of drug-likeness (QED) is 0.345. The number of anilines is 3. The lowest BCUT2D eigenvalue weighted by Crippen LogP contribution is -2.40. The first kappa shape index (κ1) is 24.3. The second-order valence-electron chi connectivity index (χ2n) is 9.88. The van der Waals surface area contributed by atoms with Crippen LogP contribution in [0.3, 0.4) is 0 Å². The van der Waals surface area contributed by atoms with Gasteiger partial charge in [-0.15, -0.1) is 0 Å². The van der Waals surface area contributed by atoms with Crippen molar-refractivity contribution in [3.8, 4) is 11.3 Å². The van der Waals surface area contributed by atoms with E-state index in [-0.39, 0.29) is 6.09 Å². The number of nitrogens with one attached hydrogen (secondary N) is 2. The molecule has 0 saturated heterocycles. The topological polar surface area (TPSA) is 105 Å². The molecule has 1 aliphatic rings. The van der Waals surface area contributed by atoms with E-state index in [1.54, 1.807) is 11.1 Å². The zero-order valence-electron chi connectivity index (χ0n) is 21.2. The van der Waals surface area contributed by atoms with Crippen LogP contribution in [-0.2, 0) is 24.2 Å². The second-order valence-corrected chi connectivity index (χ2v) is 9.88. The van der Waals surface area contributed by atoms with Crippen molar-refractivity contribution in [2.45, 2.75) is 45.9 Å². The molecular formula is C28H30N6O3. The molecule has 190 valence electrons. The summed E-state index contributed by atoms with van der Waals surface area (Å²) in [6.07, 6.45) is 3.37. The standard InChI is InChI=1S/C28H30N6O3/c1-28(2,3)37-27(35)34-14-13-23-22(17-34)25(30-15-19-7-5-4-6-8-19)33-26(32-23)31-21-11-9-20(10-12-21)24-16-29-18-36-24/h4-12,16,18H,13-15,17H2,1-3H3,(H2,30,31,32,33). The third kappa shape index (κ3) is 6.06. The molecule has 9 nitrogen and oxygen atoms in total. The van der Waals surface area contributed by atoms with E-state index >= 15 is 0 Å². The van der Waals surface area contributed by atoms with Crippen LogP contribution in [0.5, 0.6) is 0 Å². The van der Waals surface area contributed by atoms with E-state index in [1.807, 2.05) is 63.2 Å². The maximum Gasteiger partial charge on any atom is 0.410 e. The number of rotatable bonds is 6.